The molecule has 0 spiro atoms. The molecule has 0 saturated carbocycles. The molecule has 0 aromatic rings. The molecule has 0 unspecified atom stereocenters. The minimum absolute atomic E-state index is 0.245. The summed E-state index contributed by atoms with van der Waals surface area (Å²) in [6.07, 6.45) is 2.38. The smallest absolute Gasteiger partial charge is 0.155 e. The van der Waals surface area contributed by atoms with E-state index >= 15 is 0 Å². The number of carbonyl (C=O) groups excluding carboxylic acids is 1. The van der Waals surface area contributed by atoms with E-state index in [1.54, 1.807) is 6.08 Å². The first-order chi connectivity index (χ1) is 4.52. The van der Waals surface area contributed by atoms with Gasteiger partial charge in [0.15, 0.2) is 5.78 Å². The van der Waals surface area contributed by atoms with Crippen molar-refractivity contribution in [3.05, 3.63) is 11.6 Å². The minimum atomic E-state index is 0.245. The quantitative estimate of drug-likeness (QED) is 0.551. The highest BCUT2D eigenvalue weighted by Crippen LogP contribution is 2.02. The van der Waals surface area contributed by atoms with Crippen molar-refractivity contribution < 1.29 is 4.79 Å². The van der Waals surface area contributed by atoms with E-state index in [1.807, 2.05) is 13.8 Å². The Labute approximate surface area is 63.1 Å². The first-order valence-electron chi connectivity index (χ1n) is 3.70. The lowest BCUT2D eigenvalue weighted by Crippen LogP contribution is -1.98. The second kappa shape index (κ2) is 4.26. The van der Waals surface area contributed by atoms with E-state index in [-0.39, 0.29) is 5.78 Å². The molecule has 0 aliphatic rings. The Balaban J connectivity index is 3.76. The number of carbonyl (C=O) groups is 1. The number of hydrogen-bond acceptors (Lipinski definition) is 1. The average Bonchev–Trinajstić information content (AvgIpc) is 1.58. The number of rotatable bonds is 3. The van der Waals surface area contributed by atoms with Crippen LogP contribution in [-0.4, -0.2) is 5.78 Å². The first kappa shape index (κ1) is 9.41. The molecule has 58 valence electrons. The predicted molar refractivity (Wildman–Crippen MR) is 43.9 cm³/mol. The lowest BCUT2D eigenvalue weighted by atomic mass is 10.1. The molecule has 0 saturated heterocycles. The Morgan fingerprint density at radius 3 is 2.20 bits per heavy atom. The number of allylic oxidation sites excluding steroid dienone is 2. The third-order valence-corrected chi connectivity index (χ3v) is 1.06. The molecular formula is C9H16O. The molecule has 0 amide bonds. The summed E-state index contributed by atoms with van der Waals surface area (Å²) in [7, 11) is 0. The fourth-order valence-electron chi connectivity index (χ4n) is 0.783. The molecule has 0 fully saturated rings. The van der Waals surface area contributed by atoms with E-state index in [9.17, 15) is 4.79 Å². The van der Waals surface area contributed by atoms with Crippen LogP contribution in [0.15, 0.2) is 11.6 Å². The van der Waals surface area contributed by atoms with Crippen LogP contribution in [0.1, 0.15) is 34.1 Å². The molecule has 0 aromatic carbocycles. The van der Waals surface area contributed by atoms with E-state index < -0.39 is 0 Å². The molecule has 0 aliphatic carbocycles. The molecule has 1 nitrogen and oxygen atoms in total. The van der Waals surface area contributed by atoms with Crippen LogP contribution in [0.4, 0.5) is 0 Å². The summed E-state index contributed by atoms with van der Waals surface area (Å²) in [6, 6.07) is 0. The summed E-state index contributed by atoms with van der Waals surface area (Å²) in [5.41, 5.74) is 1.09. The first-order valence-corrected chi connectivity index (χ1v) is 3.70. The molecule has 0 atom stereocenters. The van der Waals surface area contributed by atoms with Crippen LogP contribution in [0.25, 0.3) is 0 Å². The number of ketones is 1. The van der Waals surface area contributed by atoms with Gasteiger partial charge >= 0.3 is 0 Å². The van der Waals surface area contributed by atoms with Gasteiger partial charge in [-0.3, -0.25) is 4.79 Å². The summed E-state index contributed by atoms with van der Waals surface area (Å²) < 4.78 is 0. The van der Waals surface area contributed by atoms with Gasteiger partial charge in [-0.15, -0.1) is 0 Å². The van der Waals surface area contributed by atoms with Gasteiger partial charge in [0.2, 0.25) is 0 Å². The fourth-order valence-corrected chi connectivity index (χ4v) is 0.783. The maximum Gasteiger partial charge on any atom is 0.155 e. The summed E-state index contributed by atoms with van der Waals surface area (Å²) in [5, 5.41) is 0. The van der Waals surface area contributed by atoms with Gasteiger partial charge in [0.25, 0.3) is 0 Å². The second-order valence-corrected chi connectivity index (χ2v) is 3.29. The molecule has 1 heteroatoms. The Morgan fingerprint density at radius 2 is 1.90 bits per heavy atom. The van der Waals surface area contributed by atoms with Crippen LogP contribution in [0.3, 0.4) is 0 Å². The zero-order chi connectivity index (χ0) is 8.15. The molecule has 0 aromatic heterocycles. The Morgan fingerprint density at radius 1 is 1.40 bits per heavy atom. The highest BCUT2D eigenvalue weighted by molar-refractivity contribution is 5.90. The lowest BCUT2D eigenvalue weighted by Gasteiger charge is -1.98. The van der Waals surface area contributed by atoms with E-state index in [1.165, 1.54) is 0 Å². The Kier molecular flexibility index (Phi) is 4.01. The summed E-state index contributed by atoms with van der Waals surface area (Å²) in [6.45, 7) is 7.99. The largest absolute Gasteiger partial charge is 0.295 e. The van der Waals surface area contributed by atoms with Crippen molar-refractivity contribution in [2.75, 3.05) is 0 Å². The molecule has 10 heavy (non-hydrogen) atoms. The van der Waals surface area contributed by atoms with Crippen molar-refractivity contribution in [2.24, 2.45) is 5.92 Å². The highest BCUT2D eigenvalue weighted by atomic mass is 16.1. The van der Waals surface area contributed by atoms with Gasteiger partial charge in [-0.25, -0.2) is 0 Å². The van der Waals surface area contributed by atoms with E-state index in [2.05, 4.69) is 13.8 Å². The van der Waals surface area contributed by atoms with Crippen molar-refractivity contribution in [3.8, 4) is 0 Å². The van der Waals surface area contributed by atoms with Crippen molar-refractivity contribution in [1.29, 1.82) is 0 Å². The summed E-state index contributed by atoms with van der Waals surface area (Å²) in [5.74, 6) is 0.720. The van der Waals surface area contributed by atoms with E-state index in [4.69, 9.17) is 0 Å². The van der Waals surface area contributed by atoms with Gasteiger partial charge < -0.3 is 0 Å². The van der Waals surface area contributed by atoms with Gasteiger partial charge in [0.1, 0.15) is 0 Å². The van der Waals surface area contributed by atoms with Gasteiger partial charge in [0, 0.05) is 6.42 Å². The average molecular weight is 140 g/mol. The van der Waals surface area contributed by atoms with Crippen LogP contribution < -0.4 is 0 Å². The molecule has 0 rings (SSSR count). The van der Waals surface area contributed by atoms with Gasteiger partial charge in [-0.2, -0.15) is 0 Å². The SMILES string of the molecule is CC(C)=CC(=O)CC(C)C. The summed E-state index contributed by atoms with van der Waals surface area (Å²) >= 11 is 0. The second-order valence-electron chi connectivity index (χ2n) is 3.29. The highest BCUT2D eigenvalue weighted by Gasteiger charge is 2.00. The number of hydrogen-bond donors (Lipinski definition) is 0. The van der Waals surface area contributed by atoms with Gasteiger partial charge in [-0.1, -0.05) is 19.4 Å². The van der Waals surface area contributed by atoms with Crippen LogP contribution in [0.5, 0.6) is 0 Å². The Hall–Kier alpha value is -0.590. The van der Waals surface area contributed by atoms with E-state index in [0.29, 0.717) is 12.3 Å². The molecular weight excluding hydrogens is 124 g/mol. The van der Waals surface area contributed by atoms with Crippen LogP contribution in [0.2, 0.25) is 0 Å². The predicted octanol–water partition coefficient (Wildman–Crippen LogP) is 2.57. The van der Waals surface area contributed by atoms with E-state index in [0.717, 1.165) is 5.57 Å². The molecule has 0 bridgehead atoms. The summed E-state index contributed by atoms with van der Waals surface area (Å²) in [4.78, 5) is 11.0. The maximum absolute atomic E-state index is 11.0. The molecule has 0 aliphatic heterocycles. The fraction of sp³-hybridized carbons (Fsp3) is 0.667. The molecule has 0 heterocycles. The van der Waals surface area contributed by atoms with Gasteiger partial charge in [-0.05, 0) is 25.8 Å². The lowest BCUT2D eigenvalue weighted by molar-refractivity contribution is -0.115. The monoisotopic (exact) mass is 140 g/mol. The third-order valence-electron chi connectivity index (χ3n) is 1.06. The zero-order valence-electron chi connectivity index (χ0n) is 7.27. The van der Waals surface area contributed by atoms with Crippen molar-refractivity contribution in [3.63, 3.8) is 0 Å². The van der Waals surface area contributed by atoms with Crippen LogP contribution >= 0.6 is 0 Å². The topological polar surface area (TPSA) is 17.1 Å². The van der Waals surface area contributed by atoms with Crippen LogP contribution in [0, 0.1) is 5.92 Å². The molecule has 0 N–H and O–H groups in total. The van der Waals surface area contributed by atoms with Crippen molar-refractivity contribution >= 4 is 5.78 Å². The maximum atomic E-state index is 11.0. The third kappa shape index (κ3) is 5.54. The normalized spacial score (nSPS) is 9.70. The molecule has 0 radical (unpaired) electrons. The minimum Gasteiger partial charge on any atom is -0.295 e. The zero-order valence-corrected chi connectivity index (χ0v) is 7.27. The van der Waals surface area contributed by atoms with Crippen molar-refractivity contribution in [1.82, 2.24) is 0 Å². The van der Waals surface area contributed by atoms with Crippen molar-refractivity contribution in [2.45, 2.75) is 34.1 Å². The Bertz CT molecular complexity index is 139. The van der Waals surface area contributed by atoms with Gasteiger partial charge in [0.05, 0.1) is 0 Å². The van der Waals surface area contributed by atoms with Crippen LogP contribution in [-0.2, 0) is 4.79 Å². The standard InChI is InChI=1S/C9H16O/c1-7(2)5-9(10)6-8(3)4/h5,8H,6H2,1-4H3.